The van der Waals surface area contributed by atoms with Crippen LogP contribution < -0.4 is 5.32 Å². The molecule has 3 rings (SSSR count). The average molecular weight is 271 g/mol. The van der Waals surface area contributed by atoms with Gasteiger partial charge in [0.2, 0.25) is 5.91 Å². The van der Waals surface area contributed by atoms with Crippen LogP contribution in [0, 0.1) is 0 Å². The second-order valence-corrected chi connectivity index (χ2v) is 4.90. The van der Waals surface area contributed by atoms with Crippen molar-refractivity contribution in [2.45, 2.75) is 19.0 Å². The predicted molar refractivity (Wildman–Crippen MR) is 73.9 cm³/mol. The minimum absolute atomic E-state index is 0.0463. The van der Waals surface area contributed by atoms with Gasteiger partial charge in [0.15, 0.2) is 0 Å². The van der Waals surface area contributed by atoms with E-state index >= 15 is 0 Å². The first kappa shape index (κ1) is 12.9. The van der Waals surface area contributed by atoms with E-state index < -0.39 is 6.04 Å². The summed E-state index contributed by atoms with van der Waals surface area (Å²) >= 11 is 0. The van der Waals surface area contributed by atoms with Crippen molar-refractivity contribution >= 4 is 5.91 Å². The third-order valence-corrected chi connectivity index (χ3v) is 3.64. The maximum absolute atomic E-state index is 12.6. The summed E-state index contributed by atoms with van der Waals surface area (Å²) in [6.07, 6.45) is 6.00. The number of fused-ring (bicyclic) bond motifs is 1. The molecule has 2 aromatic heterocycles. The number of nitrogens with zero attached hydrogens (tertiary/aromatic N) is 2. The van der Waals surface area contributed by atoms with Crippen molar-refractivity contribution in [1.29, 1.82) is 0 Å². The van der Waals surface area contributed by atoms with Crippen molar-refractivity contribution < 1.29 is 9.21 Å². The molecule has 0 bridgehead atoms. The van der Waals surface area contributed by atoms with Gasteiger partial charge in [-0.2, -0.15) is 0 Å². The maximum Gasteiger partial charge on any atom is 0.247 e. The number of carbonyl (C=O) groups is 1. The zero-order valence-corrected chi connectivity index (χ0v) is 11.4. The van der Waals surface area contributed by atoms with E-state index in [0.717, 1.165) is 23.3 Å². The number of likely N-dealkylation sites (N-methyl/N-ethyl adjacent to an activating group) is 1. The Labute approximate surface area is 117 Å². The molecule has 1 amide bonds. The Morgan fingerprint density at radius 1 is 1.50 bits per heavy atom. The maximum atomic E-state index is 12.6. The largest absolute Gasteiger partial charge is 0.467 e. The lowest BCUT2D eigenvalue weighted by atomic mass is 10.1. The van der Waals surface area contributed by atoms with E-state index in [4.69, 9.17) is 4.42 Å². The standard InChI is InChI=1S/C15H17N3O2/c1-16-13-14-12(5-8-20-14)4-7-18(15(13)19)10-11-3-2-6-17-9-11/h2-3,5-6,8-9,13,16H,4,7,10H2,1H3. The van der Waals surface area contributed by atoms with Crippen molar-refractivity contribution in [2.75, 3.05) is 13.6 Å². The Kier molecular flexibility index (Phi) is 3.52. The molecule has 0 fully saturated rings. The summed E-state index contributed by atoms with van der Waals surface area (Å²) in [6, 6.07) is 5.41. The minimum Gasteiger partial charge on any atom is -0.467 e. The highest BCUT2D eigenvalue weighted by Crippen LogP contribution is 2.26. The average Bonchev–Trinajstić information content (AvgIpc) is 2.89. The van der Waals surface area contributed by atoms with Gasteiger partial charge in [0, 0.05) is 25.5 Å². The number of hydrogen-bond acceptors (Lipinski definition) is 4. The first-order valence-electron chi connectivity index (χ1n) is 6.71. The number of rotatable bonds is 3. The van der Waals surface area contributed by atoms with Gasteiger partial charge >= 0.3 is 0 Å². The molecule has 0 aromatic carbocycles. The molecule has 5 nitrogen and oxygen atoms in total. The first-order valence-corrected chi connectivity index (χ1v) is 6.71. The van der Waals surface area contributed by atoms with Crippen LogP contribution in [-0.2, 0) is 17.8 Å². The molecule has 1 aliphatic rings. The van der Waals surface area contributed by atoms with E-state index in [1.165, 1.54) is 0 Å². The molecule has 20 heavy (non-hydrogen) atoms. The third kappa shape index (κ3) is 2.32. The smallest absolute Gasteiger partial charge is 0.247 e. The van der Waals surface area contributed by atoms with Gasteiger partial charge in [0.25, 0.3) is 0 Å². The molecule has 0 saturated heterocycles. The van der Waals surface area contributed by atoms with Gasteiger partial charge in [-0.25, -0.2) is 0 Å². The van der Waals surface area contributed by atoms with E-state index in [0.29, 0.717) is 13.1 Å². The summed E-state index contributed by atoms with van der Waals surface area (Å²) in [5, 5.41) is 3.05. The molecule has 1 N–H and O–H groups in total. The lowest BCUT2D eigenvalue weighted by Crippen LogP contribution is -2.38. The van der Waals surface area contributed by atoms with Crippen LogP contribution >= 0.6 is 0 Å². The number of pyridine rings is 1. The third-order valence-electron chi connectivity index (χ3n) is 3.64. The molecule has 5 heteroatoms. The molecule has 3 heterocycles. The Morgan fingerprint density at radius 2 is 2.40 bits per heavy atom. The summed E-state index contributed by atoms with van der Waals surface area (Å²) < 4.78 is 5.49. The lowest BCUT2D eigenvalue weighted by Gasteiger charge is -2.23. The van der Waals surface area contributed by atoms with E-state index in [1.54, 1.807) is 25.7 Å². The highest BCUT2D eigenvalue weighted by Gasteiger charge is 2.32. The fourth-order valence-corrected chi connectivity index (χ4v) is 2.59. The van der Waals surface area contributed by atoms with Gasteiger partial charge in [-0.3, -0.25) is 9.78 Å². The zero-order valence-electron chi connectivity index (χ0n) is 11.4. The predicted octanol–water partition coefficient (Wildman–Crippen LogP) is 1.52. The second-order valence-electron chi connectivity index (χ2n) is 4.90. The van der Waals surface area contributed by atoms with E-state index in [9.17, 15) is 4.79 Å². The summed E-state index contributed by atoms with van der Waals surface area (Å²) in [5.41, 5.74) is 2.14. The van der Waals surface area contributed by atoms with Crippen molar-refractivity contribution in [3.63, 3.8) is 0 Å². The normalized spacial score (nSPS) is 18.8. The van der Waals surface area contributed by atoms with Crippen LogP contribution in [0.5, 0.6) is 0 Å². The number of amides is 1. The first-order chi connectivity index (χ1) is 9.79. The SMILES string of the molecule is CNC1C(=O)N(Cc2cccnc2)CCc2ccoc21. The van der Waals surface area contributed by atoms with Gasteiger partial charge in [-0.05, 0) is 36.7 Å². The molecule has 0 aliphatic carbocycles. The van der Waals surface area contributed by atoms with Crippen LogP contribution in [-0.4, -0.2) is 29.4 Å². The van der Waals surface area contributed by atoms with Gasteiger partial charge < -0.3 is 14.6 Å². The highest BCUT2D eigenvalue weighted by molar-refractivity contribution is 5.83. The van der Waals surface area contributed by atoms with E-state index in [1.807, 2.05) is 23.1 Å². The number of carbonyl (C=O) groups excluding carboxylic acids is 1. The molecule has 0 saturated carbocycles. The van der Waals surface area contributed by atoms with Crippen LogP contribution in [0.25, 0.3) is 0 Å². The summed E-state index contributed by atoms with van der Waals surface area (Å²) in [4.78, 5) is 18.6. The Morgan fingerprint density at radius 3 is 3.15 bits per heavy atom. The summed E-state index contributed by atoms with van der Waals surface area (Å²) in [7, 11) is 1.78. The number of hydrogen-bond donors (Lipinski definition) is 1. The van der Waals surface area contributed by atoms with Gasteiger partial charge in [0.1, 0.15) is 11.8 Å². The topological polar surface area (TPSA) is 58.4 Å². The van der Waals surface area contributed by atoms with Gasteiger partial charge in [0.05, 0.1) is 6.26 Å². The van der Waals surface area contributed by atoms with Crippen molar-refractivity contribution in [2.24, 2.45) is 0 Å². The van der Waals surface area contributed by atoms with E-state index in [-0.39, 0.29) is 5.91 Å². The molecule has 2 aromatic rings. The van der Waals surface area contributed by atoms with Gasteiger partial charge in [-0.15, -0.1) is 0 Å². The molecule has 1 atom stereocenters. The van der Waals surface area contributed by atoms with Crippen molar-refractivity contribution in [1.82, 2.24) is 15.2 Å². The monoisotopic (exact) mass is 271 g/mol. The molecule has 1 unspecified atom stereocenters. The van der Waals surface area contributed by atoms with Crippen LogP contribution in [0.15, 0.2) is 41.3 Å². The Hall–Kier alpha value is -2.14. The summed E-state index contributed by atoms with van der Waals surface area (Å²) in [5.74, 6) is 0.788. The highest BCUT2D eigenvalue weighted by atomic mass is 16.3. The fraction of sp³-hybridized carbons (Fsp3) is 0.333. The molecular formula is C15H17N3O2. The Balaban J connectivity index is 1.84. The molecular weight excluding hydrogens is 254 g/mol. The molecule has 1 aliphatic heterocycles. The summed E-state index contributed by atoms with van der Waals surface area (Å²) in [6.45, 7) is 1.27. The number of nitrogens with one attached hydrogen (secondary N) is 1. The fourth-order valence-electron chi connectivity index (χ4n) is 2.59. The van der Waals surface area contributed by atoms with Gasteiger partial charge in [-0.1, -0.05) is 6.07 Å². The van der Waals surface area contributed by atoms with Crippen LogP contribution in [0.1, 0.15) is 22.9 Å². The van der Waals surface area contributed by atoms with Crippen molar-refractivity contribution in [3.8, 4) is 0 Å². The quantitative estimate of drug-likeness (QED) is 0.919. The number of aromatic nitrogens is 1. The second kappa shape index (κ2) is 5.46. The minimum atomic E-state index is -0.404. The zero-order chi connectivity index (χ0) is 13.9. The van der Waals surface area contributed by atoms with Crippen molar-refractivity contribution in [3.05, 3.63) is 53.7 Å². The molecule has 0 radical (unpaired) electrons. The number of furan rings is 1. The lowest BCUT2D eigenvalue weighted by molar-refractivity contribution is -0.134. The van der Waals surface area contributed by atoms with E-state index in [2.05, 4.69) is 10.3 Å². The molecule has 0 spiro atoms. The van der Waals surface area contributed by atoms with Crippen LogP contribution in [0.3, 0.4) is 0 Å². The van der Waals surface area contributed by atoms with Crippen LogP contribution in [0.4, 0.5) is 0 Å². The Bertz CT molecular complexity index is 594. The molecule has 104 valence electrons. The van der Waals surface area contributed by atoms with Crippen LogP contribution in [0.2, 0.25) is 0 Å².